The van der Waals surface area contributed by atoms with Crippen molar-refractivity contribution in [2.75, 3.05) is 0 Å². The van der Waals surface area contributed by atoms with Gasteiger partial charge in [-0.2, -0.15) is 5.10 Å². The van der Waals surface area contributed by atoms with E-state index in [4.69, 9.17) is 11.6 Å². The molecule has 0 aliphatic carbocycles. The van der Waals surface area contributed by atoms with Crippen molar-refractivity contribution >= 4 is 17.5 Å². The van der Waals surface area contributed by atoms with Gasteiger partial charge in [-0.15, -0.1) is 0 Å². The van der Waals surface area contributed by atoms with E-state index in [1.807, 2.05) is 71.7 Å². The molecule has 0 aliphatic rings. The second-order valence-electron chi connectivity index (χ2n) is 6.97. The van der Waals surface area contributed by atoms with Gasteiger partial charge in [0.05, 0.1) is 17.9 Å². The summed E-state index contributed by atoms with van der Waals surface area (Å²) < 4.78 is 1.83. The fourth-order valence-electron chi connectivity index (χ4n) is 3.02. The molecule has 1 unspecified atom stereocenters. The summed E-state index contributed by atoms with van der Waals surface area (Å²) in [6, 6.07) is 17.6. The van der Waals surface area contributed by atoms with Crippen LogP contribution in [0.5, 0.6) is 0 Å². The van der Waals surface area contributed by atoms with Gasteiger partial charge in [-0.1, -0.05) is 55.8 Å². The zero-order valence-corrected chi connectivity index (χ0v) is 16.4. The number of aromatic nitrogens is 2. The first-order valence-electron chi connectivity index (χ1n) is 9.17. The standard InChI is InChI=1S/C22H24ClN3O/c1-16(2)22(18-9-11-19(23)12-10-18)25-21(27)13-8-17-14-24-26(15-17)20-6-4-3-5-7-20/h3-7,9-12,14-16,22H,8,13H2,1-2H3,(H,25,27). The Morgan fingerprint density at radius 3 is 2.48 bits per heavy atom. The van der Waals surface area contributed by atoms with Crippen LogP contribution in [-0.2, 0) is 11.2 Å². The first kappa shape index (κ1) is 19.2. The molecule has 0 spiro atoms. The summed E-state index contributed by atoms with van der Waals surface area (Å²) in [5.74, 6) is 0.326. The average molecular weight is 382 g/mol. The van der Waals surface area contributed by atoms with Gasteiger partial charge < -0.3 is 5.32 Å². The topological polar surface area (TPSA) is 46.9 Å². The monoisotopic (exact) mass is 381 g/mol. The van der Waals surface area contributed by atoms with Crippen LogP contribution in [0.15, 0.2) is 67.0 Å². The van der Waals surface area contributed by atoms with Crippen molar-refractivity contribution < 1.29 is 4.79 Å². The normalized spacial score (nSPS) is 12.1. The molecule has 2 aromatic carbocycles. The van der Waals surface area contributed by atoms with Gasteiger partial charge in [-0.3, -0.25) is 4.79 Å². The van der Waals surface area contributed by atoms with Crippen LogP contribution in [0.2, 0.25) is 5.02 Å². The van der Waals surface area contributed by atoms with Gasteiger partial charge in [0.25, 0.3) is 0 Å². The van der Waals surface area contributed by atoms with E-state index >= 15 is 0 Å². The van der Waals surface area contributed by atoms with Gasteiger partial charge in [0.15, 0.2) is 0 Å². The largest absolute Gasteiger partial charge is 0.349 e. The average Bonchev–Trinajstić information content (AvgIpc) is 3.15. The van der Waals surface area contributed by atoms with Crippen molar-refractivity contribution in [3.8, 4) is 5.69 Å². The molecule has 27 heavy (non-hydrogen) atoms. The van der Waals surface area contributed by atoms with Crippen molar-refractivity contribution in [1.82, 2.24) is 15.1 Å². The predicted molar refractivity (Wildman–Crippen MR) is 109 cm³/mol. The predicted octanol–water partition coefficient (Wildman–Crippen LogP) is 4.97. The minimum atomic E-state index is -0.0261. The highest BCUT2D eigenvalue weighted by atomic mass is 35.5. The maximum Gasteiger partial charge on any atom is 0.220 e. The zero-order valence-electron chi connectivity index (χ0n) is 15.6. The lowest BCUT2D eigenvalue weighted by Crippen LogP contribution is -2.31. The summed E-state index contributed by atoms with van der Waals surface area (Å²) in [5, 5.41) is 8.23. The molecule has 1 atom stereocenters. The van der Waals surface area contributed by atoms with Crippen LogP contribution >= 0.6 is 11.6 Å². The molecule has 3 rings (SSSR count). The minimum Gasteiger partial charge on any atom is -0.349 e. The zero-order chi connectivity index (χ0) is 19.2. The molecule has 1 heterocycles. The molecule has 5 heteroatoms. The number of nitrogens with one attached hydrogen (secondary N) is 1. The summed E-state index contributed by atoms with van der Waals surface area (Å²) in [4.78, 5) is 12.5. The lowest BCUT2D eigenvalue weighted by Gasteiger charge is -2.23. The van der Waals surface area contributed by atoms with Crippen LogP contribution in [0.1, 0.15) is 37.4 Å². The highest BCUT2D eigenvalue weighted by Crippen LogP contribution is 2.23. The SMILES string of the molecule is CC(C)C(NC(=O)CCc1cnn(-c2ccccc2)c1)c1ccc(Cl)cc1. The molecule has 4 nitrogen and oxygen atoms in total. The molecule has 0 saturated carbocycles. The molecule has 1 aromatic heterocycles. The molecular weight excluding hydrogens is 358 g/mol. The Balaban J connectivity index is 1.58. The Bertz CT molecular complexity index is 872. The number of rotatable bonds is 7. The van der Waals surface area contributed by atoms with Crippen molar-refractivity contribution in [3.63, 3.8) is 0 Å². The molecule has 0 radical (unpaired) electrons. The second-order valence-corrected chi connectivity index (χ2v) is 7.41. The van der Waals surface area contributed by atoms with Crippen LogP contribution in [0.3, 0.4) is 0 Å². The molecular formula is C22H24ClN3O. The summed E-state index contributed by atoms with van der Waals surface area (Å²) >= 11 is 5.97. The van der Waals surface area contributed by atoms with E-state index < -0.39 is 0 Å². The molecule has 1 N–H and O–H groups in total. The summed E-state index contributed by atoms with van der Waals surface area (Å²) in [7, 11) is 0. The van der Waals surface area contributed by atoms with E-state index in [0.717, 1.165) is 16.8 Å². The van der Waals surface area contributed by atoms with E-state index in [1.165, 1.54) is 0 Å². The maximum absolute atomic E-state index is 12.5. The van der Waals surface area contributed by atoms with Gasteiger partial charge in [0.2, 0.25) is 5.91 Å². The first-order chi connectivity index (χ1) is 13.0. The number of amides is 1. The quantitative estimate of drug-likeness (QED) is 0.627. The molecule has 140 valence electrons. The number of hydrogen-bond donors (Lipinski definition) is 1. The van der Waals surface area contributed by atoms with Crippen LogP contribution < -0.4 is 5.32 Å². The number of nitrogens with zero attached hydrogens (tertiary/aromatic N) is 2. The third kappa shape index (κ3) is 5.20. The third-order valence-electron chi connectivity index (χ3n) is 4.51. The number of aryl methyl sites for hydroxylation is 1. The van der Waals surface area contributed by atoms with Crippen LogP contribution in [0.25, 0.3) is 5.69 Å². The first-order valence-corrected chi connectivity index (χ1v) is 9.54. The molecule has 1 amide bonds. The Kier molecular flexibility index (Phi) is 6.30. The van der Waals surface area contributed by atoms with Crippen LogP contribution in [0, 0.1) is 5.92 Å². The number of carbonyl (C=O) groups is 1. The molecule has 0 bridgehead atoms. The van der Waals surface area contributed by atoms with E-state index in [-0.39, 0.29) is 17.9 Å². The Hall–Kier alpha value is -2.59. The number of para-hydroxylation sites is 1. The Morgan fingerprint density at radius 1 is 1.11 bits per heavy atom. The van der Waals surface area contributed by atoms with Crippen molar-refractivity contribution in [1.29, 1.82) is 0 Å². The van der Waals surface area contributed by atoms with E-state index in [9.17, 15) is 4.79 Å². The van der Waals surface area contributed by atoms with E-state index in [0.29, 0.717) is 17.9 Å². The second kappa shape index (κ2) is 8.87. The van der Waals surface area contributed by atoms with Crippen molar-refractivity contribution in [2.24, 2.45) is 5.92 Å². The van der Waals surface area contributed by atoms with Crippen LogP contribution in [0.4, 0.5) is 0 Å². The summed E-state index contributed by atoms with van der Waals surface area (Å²) in [6.07, 6.45) is 4.88. The third-order valence-corrected chi connectivity index (χ3v) is 4.76. The minimum absolute atomic E-state index is 0.0261. The number of hydrogen-bond acceptors (Lipinski definition) is 2. The highest BCUT2D eigenvalue weighted by Gasteiger charge is 2.18. The molecule has 0 fully saturated rings. The maximum atomic E-state index is 12.5. The lowest BCUT2D eigenvalue weighted by molar-refractivity contribution is -0.122. The van der Waals surface area contributed by atoms with Gasteiger partial charge in [-0.05, 0) is 47.7 Å². The molecule has 3 aromatic rings. The van der Waals surface area contributed by atoms with Gasteiger partial charge in [0, 0.05) is 17.6 Å². The number of benzene rings is 2. The van der Waals surface area contributed by atoms with E-state index in [2.05, 4.69) is 24.3 Å². The Labute approximate surface area is 165 Å². The summed E-state index contributed by atoms with van der Waals surface area (Å²) in [6.45, 7) is 4.20. The molecule has 0 aliphatic heterocycles. The highest BCUT2D eigenvalue weighted by molar-refractivity contribution is 6.30. The Morgan fingerprint density at radius 2 is 1.81 bits per heavy atom. The lowest BCUT2D eigenvalue weighted by atomic mass is 9.96. The van der Waals surface area contributed by atoms with Gasteiger partial charge in [0.1, 0.15) is 0 Å². The molecule has 0 saturated heterocycles. The van der Waals surface area contributed by atoms with Crippen LogP contribution in [-0.4, -0.2) is 15.7 Å². The smallest absolute Gasteiger partial charge is 0.220 e. The van der Waals surface area contributed by atoms with E-state index in [1.54, 1.807) is 0 Å². The summed E-state index contributed by atoms with van der Waals surface area (Å²) in [5.41, 5.74) is 3.12. The fourth-order valence-corrected chi connectivity index (χ4v) is 3.15. The van der Waals surface area contributed by atoms with Crippen molar-refractivity contribution in [2.45, 2.75) is 32.7 Å². The van der Waals surface area contributed by atoms with Gasteiger partial charge >= 0.3 is 0 Å². The number of halogens is 1. The fraction of sp³-hybridized carbons (Fsp3) is 0.273. The number of carbonyl (C=O) groups excluding carboxylic acids is 1. The van der Waals surface area contributed by atoms with Gasteiger partial charge in [-0.25, -0.2) is 4.68 Å². The van der Waals surface area contributed by atoms with Crippen molar-refractivity contribution in [3.05, 3.63) is 83.1 Å².